The van der Waals surface area contributed by atoms with Crippen LogP contribution in [0.15, 0.2) is 46.0 Å². The third-order valence-corrected chi connectivity index (χ3v) is 5.04. The van der Waals surface area contributed by atoms with Crippen LogP contribution in [0.2, 0.25) is 5.02 Å². The summed E-state index contributed by atoms with van der Waals surface area (Å²) in [5.74, 6) is 1.20. The molecular formula is C18H21BrClFIN5. The van der Waals surface area contributed by atoms with E-state index in [1.807, 2.05) is 18.2 Å². The number of benzene rings is 1. The Kier molecular flexibility index (Phi) is 8.56. The second-order valence-corrected chi connectivity index (χ2v) is 7.37. The van der Waals surface area contributed by atoms with Crippen molar-refractivity contribution in [2.75, 3.05) is 25.0 Å². The minimum absolute atomic E-state index is 0. The summed E-state index contributed by atoms with van der Waals surface area (Å²) in [6, 6.07) is 8.91. The van der Waals surface area contributed by atoms with Crippen molar-refractivity contribution < 1.29 is 4.39 Å². The van der Waals surface area contributed by atoms with E-state index >= 15 is 0 Å². The van der Waals surface area contributed by atoms with Gasteiger partial charge in [-0.05, 0) is 30.7 Å². The first-order chi connectivity index (χ1) is 12.6. The quantitative estimate of drug-likeness (QED) is 0.330. The summed E-state index contributed by atoms with van der Waals surface area (Å²) in [7, 11) is 1.70. The number of rotatable bonds is 4. The van der Waals surface area contributed by atoms with Crippen molar-refractivity contribution in [1.29, 1.82) is 0 Å². The van der Waals surface area contributed by atoms with Gasteiger partial charge in [-0.25, -0.2) is 9.37 Å². The molecule has 1 unspecified atom stereocenters. The summed E-state index contributed by atoms with van der Waals surface area (Å²) in [6.07, 6.45) is 2.69. The van der Waals surface area contributed by atoms with Crippen LogP contribution in [0.1, 0.15) is 12.0 Å². The molecule has 5 nitrogen and oxygen atoms in total. The lowest BCUT2D eigenvalue weighted by Crippen LogP contribution is -2.44. The van der Waals surface area contributed by atoms with Gasteiger partial charge in [-0.1, -0.05) is 33.6 Å². The smallest absolute Gasteiger partial charge is 0.191 e. The number of aromatic nitrogens is 1. The molecule has 1 atom stereocenters. The molecule has 1 aliphatic rings. The Bertz CT molecular complexity index is 807. The Balaban J connectivity index is 0.00000261. The Hall–Kier alpha value is -1.13. The van der Waals surface area contributed by atoms with Crippen LogP contribution in [-0.4, -0.2) is 37.1 Å². The van der Waals surface area contributed by atoms with E-state index in [0.717, 1.165) is 29.8 Å². The predicted octanol–water partition coefficient (Wildman–Crippen LogP) is 4.20. The van der Waals surface area contributed by atoms with E-state index in [1.54, 1.807) is 19.3 Å². The highest BCUT2D eigenvalue weighted by atomic mass is 127. The topological polar surface area (TPSA) is 52.6 Å². The van der Waals surface area contributed by atoms with E-state index in [0.29, 0.717) is 23.1 Å². The van der Waals surface area contributed by atoms with Crippen molar-refractivity contribution in [2.45, 2.75) is 19.0 Å². The van der Waals surface area contributed by atoms with Gasteiger partial charge in [0.25, 0.3) is 0 Å². The van der Waals surface area contributed by atoms with Gasteiger partial charge >= 0.3 is 0 Å². The van der Waals surface area contributed by atoms with Crippen molar-refractivity contribution >= 4 is 63.3 Å². The van der Waals surface area contributed by atoms with E-state index in [1.165, 1.54) is 6.07 Å². The molecule has 1 aromatic heterocycles. The molecule has 2 N–H and O–H groups in total. The number of halogens is 4. The average Bonchev–Trinajstić information content (AvgIpc) is 3.08. The molecule has 146 valence electrons. The number of anilines is 1. The number of nitrogens with one attached hydrogen (secondary N) is 2. The maximum atomic E-state index is 13.9. The van der Waals surface area contributed by atoms with Gasteiger partial charge in [0.05, 0.1) is 5.02 Å². The van der Waals surface area contributed by atoms with Crippen LogP contribution in [0.3, 0.4) is 0 Å². The Morgan fingerprint density at radius 2 is 2.26 bits per heavy atom. The van der Waals surface area contributed by atoms with Gasteiger partial charge in [0, 0.05) is 49.0 Å². The number of nitrogens with zero attached hydrogens (tertiary/aromatic N) is 3. The van der Waals surface area contributed by atoms with Gasteiger partial charge < -0.3 is 15.5 Å². The SMILES string of the molecule is CN=C(NCc1ccc(Br)cc1F)NC1CCN(c2ncccc2Cl)C1.I. The third-order valence-electron chi connectivity index (χ3n) is 4.25. The highest BCUT2D eigenvalue weighted by molar-refractivity contribution is 14.0. The van der Waals surface area contributed by atoms with E-state index < -0.39 is 0 Å². The Morgan fingerprint density at radius 3 is 2.96 bits per heavy atom. The van der Waals surface area contributed by atoms with Gasteiger partial charge in [-0.2, -0.15) is 0 Å². The van der Waals surface area contributed by atoms with Crippen molar-refractivity contribution in [3.05, 3.63) is 57.4 Å². The Morgan fingerprint density at radius 1 is 1.44 bits per heavy atom. The number of pyridine rings is 1. The summed E-state index contributed by atoms with van der Waals surface area (Å²) < 4.78 is 14.7. The molecule has 2 aromatic rings. The number of aliphatic imine (C=N–C) groups is 1. The van der Waals surface area contributed by atoms with Gasteiger partial charge in [-0.15, -0.1) is 24.0 Å². The first-order valence-corrected chi connectivity index (χ1v) is 9.50. The zero-order valence-electron chi connectivity index (χ0n) is 14.8. The molecule has 1 saturated heterocycles. The van der Waals surface area contributed by atoms with Crippen LogP contribution >= 0.6 is 51.5 Å². The van der Waals surface area contributed by atoms with Crippen LogP contribution in [0, 0.1) is 5.82 Å². The lowest BCUT2D eigenvalue weighted by atomic mass is 10.2. The molecule has 2 heterocycles. The molecule has 0 amide bonds. The highest BCUT2D eigenvalue weighted by Gasteiger charge is 2.25. The predicted molar refractivity (Wildman–Crippen MR) is 123 cm³/mol. The fourth-order valence-corrected chi connectivity index (χ4v) is 3.49. The molecule has 0 aliphatic carbocycles. The van der Waals surface area contributed by atoms with Gasteiger partial charge in [0.1, 0.15) is 11.6 Å². The van der Waals surface area contributed by atoms with E-state index in [2.05, 4.69) is 41.4 Å². The summed E-state index contributed by atoms with van der Waals surface area (Å²) in [5.41, 5.74) is 0.587. The van der Waals surface area contributed by atoms with Crippen LogP contribution in [0.25, 0.3) is 0 Å². The van der Waals surface area contributed by atoms with Crippen molar-refractivity contribution in [3.8, 4) is 0 Å². The molecule has 9 heteroatoms. The Labute approximate surface area is 188 Å². The summed E-state index contributed by atoms with van der Waals surface area (Å²) in [4.78, 5) is 10.7. The van der Waals surface area contributed by atoms with Crippen LogP contribution in [-0.2, 0) is 6.54 Å². The molecule has 1 fully saturated rings. The van der Waals surface area contributed by atoms with E-state index in [-0.39, 0.29) is 35.8 Å². The second kappa shape index (κ2) is 10.4. The van der Waals surface area contributed by atoms with Gasteiger partial charge in [0.2, 0.25) is 0 Å². The minimum Gasteiger partial charge on any atom is -0.353 e. The van der Waals surface area contributed by atoms with E-state index in [4.69, 9.17) is 11.6 Å². The highest BCUT2D eigenvalue weighted by Crippen LogP contribution is 2.25. The monoisotopic (exact) mass is 567 g/mol. The summed E-state index contributed by atoms with van der Waals surface area (Å²) in [5, 5.41) is 7.20. The van der Waals surface area contributed by atoms with Crippen LogP contribution in [0.4, 0.5) is 10.2 Å². The zero-order chi connectivity index (χ0) is 18.5. The van der Waals surface area contributed by atoms with Gasteiger partial charge in [-0.3, -0.25) is 4.99 Å². The molecule has 0 spiro atoms. The molecule has 3 rings (SSSR count). The lowest BCUT2D eigenvalue weighted by Gasteiger charge is -2.20. The molecule has 0 radical (unpaired) electrons. The van der Waals surface area contributed by atoms with Crippen LogP contribution < -0.4 is 15.5 Å². The molecule has 27 heavy (non-hydrogen) atoms. The number of hydrogen-bond donors (Lipinski definition) is 2. The zero-order valence-corrected chi connectivity index (χ0v) is 19.4. The van der Waals surface area contributed by atoms with Crippen molar-refractivity contribution in [1.82, 2.24) is 15.6 Å². The third kappa shape index (κ3) is 5.92. The molecular weight excluding hydrogens is 547 g/mol. The first kappa shape index (κ1) is 22.2. The summed E-state index contributed by atoms with van der Waals surface area (Å²) in [6.45, 7) is 2.01. The molecule has 0 saturated carbocycles. The molecule has 1 aromatic carbocycles. The maximum absolute atomic E-state index is 13.9. The normalized spacial score (nSPS) is 16.8. The first-order valence-electron chi connectivity index (χ1n) is 8.33. The number of guanidine groups is 1. The maximum Gasteiger partial charge on any atom is 0.191 e. The number of hydrogen-bond acceptors (Lipinski definition) is 3. The van der Waals surface area contributed by atoms with Crippen molar-refractivity contribution in [3.63, 3.8) is 0 Å². The molecule has 0 bridgehead atoms. The largest absolute Gasteiger partial charge is 0.353 e. The van der Waals surface area contributed by atoms with Crippen LogP contribution in [0.5, 0.6) is 0 Å². The summed E-state index contributed by atoms with van der Waals surface area (Å²) >= 11 is 9.49. The van der Waals surface area contributed by atoms with Crippen molar-refractivity contribution in [2.24, 2.45) is 4.99 Å². The fourth-order valence-electron chi connectivity index (χ4n) is 2.91. The van der Waals surface area contributed by atoms with E-state index in [9.17, 15) is 4.39 Å². The fraction of sp³-hybridized carbons (Fsp3) is 0.333. The average molecular weight is 569 g/mol. The van der Waals surface area contributed by atoms with Gasteiger partial charge in [0.15, 0.2) is 5.96 Å². The molecule has 1 aliphatic heterocycles. The minimum atomic E-state index is -0.251. The standard InChI is InChI=1S/C18H20BrClFN5.HI/c1-22-18(24-10-12-4-5-13(19)9-16(12)21)25-14-6-8-26(11-14)17-15(20)3-2-7-23-17;/h2-5,7,9,14H,6,8,10-11H2,1H3,(H2,22,24,25);1H. The lowest BCUT2D eigenvalue weighted by molar-refractivity contribution is 0.600. The second-order valence-electron chi connectivity index (χ2n) is 6.05.